The summed E-state index contributed by atoms with van der Waals surface area (Å²) in [6, 6.07) is 5.59. The molecular weight excluding hydrogens is 176 g/mol. The minimum atomic E-state index is 0.531. The van der Waals surface area contributed by atoms with Gasteiger partial charge in [-0.1, -0.05) is 6.92 Å². The SMILES string of the molecule is CC1CC1c1nc2ccc(N)cc2o1. The van der Waals surface area contributed by atoms with Crippen molar-refractivity contribution in [2.75, 3.05) is 5.73 Å². The molecule has 3 rings (SSSR count). The van der Waals surface area contributed by atoms with Crippen LogP contribution in [-0.4, -0.2) is 4.98 Å². The molecule has 1 aromatic carbocycles. The topological polar surface area (TPSA) is 52.0 Å². The van der Waals surface area contributed by atoms with E-state index >= 15 is 0 Å². The Bertz CT molecular complexity index is 489. The Balaban J connectivity index is 2.11. The van der Waals surface area contributed by atoms with Gasteiger partial charge in [-0.05, 0) is 24.5 Å². The summed E-state index contributed by atoms with van der Waals surface area (Å²) in [4.78, 5) is 4.44. The minimum absolute atomic E-state index is 0.531. The number of aromatic nitrogens is 1. The first kappa shape index (κ1) is 7.85. The molecule has 14 heavy (non-hydrogen) atoms. The lowest BCUT2D eigenvalue weighted by molar-refractivity contribution is 0.525. The van der Waals surface area contributed by atoms with Crippen LogP contribution in [0.4, 0.5) is 5.69 Å². The zero-order chi connectivity index (χ0) is 9.71. The quantitative estimate of drug-likeness (QED) is 0.699. The largest absolute Gasteiger partial charge is 0.440 e. The van der Waals surface area contributed by atoms with E-state index in [1.807, 2.05) is 18.2 Å². The fourth-order valence-corrected chi connectivity index (χ4v) is 1.78. The molecule has 2 aromatic rings. The first-order valence-electron chi connectivity index (χ1n) is 4.90. The van der Waals surface area contributed by atoms with Crippen LogP contribution in [0.25, 0.3) is 11.1 Å². The van der Waals surface area contributed by atoms with Gasteiger partial charge in [0, 0.05) is 17.7 Å². The van der Waals surface area contributed by atoms with Gasteiger partial charge in [0.05, 0.1) is 0 Å². The van der Waals surface area contributed by atoms with Gasteiger partial charge in [-0.2, -0.15) is 0 Å². The normalized spacial score (nSPS) is 25.5. The number of rotatable bonds is 1. The smallest absolute Gasteiger partial charge is 0.198 e. The Labute approximate surface area is 81.9 Å². The average Bonchev–Trinajstić information content (AvgIpc) is 2.75. The highest BCUT2D eigenvalue weighted by atomic mass is 16.3. The molecular formula is C11H12N2O. The summed E-state index contributed by atoms with van der Waals surface area (Å²) in [5.41, 5.74) is 8.11. The predicted octanol–water partition coefficient (Wildman–Crippen LogP) is 2.53. The van der Waals surface area contributed by atoms with Gasteiger partial charge in [0.2, 0.25) is 0 Å². The lowest BCUT2D eigenvalue weighted by Gasteiger charge is -1.88. The molecule has 0 saturated heterocycles. The van der Waals surface area contributed by atoms with E-state index in [1.165, 1.54) is 6.42 Å². The molecule has 1 aromatic heterocycles. The molecule has 0 aliphatic heterocycles. The number of nitrogens with zero attached hydrogens (tertiary/aromatic N) is 1. The number of nitrogens with two attached hydrogens (primary N) is 1. The molecule has 0 spiro atoms. The van der Waals surface area contributed by atoms with Gasteiger partial charge in [-0.15, -0.1) is 0 Å². The highest BCUT2D eigenvalue weighted by Crippen LogP contribution is 2.47. The molecule has 1 heterocycles. The van der Waals surface area contributed by atoms with E-state index in [0.29, 0.717) is 5.92 Å². The molecule has 1 saturated carbocycles. The fraction of sp³-hybridized carbons (Fsp3) is 0.364. The Hall–Kier alpha value is -1.51. The van der Waals surface area contributed by atoms with Crippen molar-refractivity contribution in [3.8, 4) is 0 Å². The first-order chi connectivity index (χ1) is 6.74. The first-order valence-corrected chi connectivity index (χ1v) is 4.90. The number of nitrogen functional groups attached to an aromatic ring is 1. The maximum atomic E-state index is 5.66. The van der Waals surface area contributed by atoms with Crippen molar-refractivity contribution in [1.29, 1.82) is 0 Å². The van der Waals surface area contributed by atoms with Crippen LogP contribution in [0, 0.1) is 5.92 Å². The van der Waals surface area contributed by atoms with Crippen molar-refractivity contribution in [2.45, 2.75) is 19.3 Å². The van der Waals surface area contributed by atoms with E-state index in [-0.39, 0.29) is 0 Å². The van der Waals surface area contributed by atoms with Gasteiger partial charge < -0.3 is 10.2 Å². The Morgan fingerprint density at radius 1 is 1.50 bits per heavy atom. The van der Waals surface area contributed by atoms with Gasteiger partial charge in [0.1, 0.15) is 5.52 Å². The van der Waals surface area contributed by atoms with Crippen LogP contribution in [0.15, 0.2) is 22.6 Å². The second kappa shape index (κ2) is 2.50. The highest BCUT2D eigenvalue weighted by molar-refractivity contribution is 5.76. The number of anilines is 1. The predicted molar refractivity (Wildman–Crippen MR) is 54.9 cm³/mol. The number of fused-ring (bicyclic) bond motifs is 1. The Morgan fingerprint density at radius 3 is 3.00 bits per heavy atom. The molecule has 1 aliphatic carbocycles. The Kier molecular flexibility index (Phi) is 1.40. The molecule has 0 amide bonds. The summed E-state index contributed by atoms with van der Waals surface area (Å²) < 4.78 is 5.65. The molecule has 0 radical (unpaired) electrons. The van der Waals surface area contributed by atoms with Crippen molar-refractivity contribution >= 4 is 16.8 Å². The molecule has 1 fully saturated rings. The summed E-state index contributed by atoms with van der Waals surface area (Å²) in [5.74, 6) is 2.13. The molecule has 3 heteroatoms. The van der Waals surface area contributed by atoms with Gasteiger partial charge in [0.25, 0.3) is 0 Å². The lowest BCUT2D eigenvalue weighted by atomic mass is 10.3. The van der Waals surface area contributed by atoms with Gasteiger partial charge in [-0.3, -0.25) is 0 Å². The zero-order valence-electron chi connectivity index (χ0n) is 8.03. The number of benzene rings is 1. The van der Waals surface area contributed by atoms with Crippen molar-refractivity contribution in [1.82, 2.24) is 4.98 Å². The highest BCUT2D eigenvalue weighted by Gasteiger charge is 2.38. The molecule has 1 aliphatic rings. The standard InChI is InChI=1S/C11H12N2O/c1-6-4-8(6)11-13-9-3-2-7(12)5-10(9)14-11/h2-3,5-6,8H,4,12H2,1H3. The van der Waals surface area contributed by atoms with E-state index in [9.17, 15) is 0 Å². The molecule has 2 N–H and O–H groups in total. The summed E-state index contributed by atoms with van der Waals surface area (Å²) in [7, 11) is 0. The summed E-state index contributed by atoms with van der Waals surface area (Å²) in [6.07, 6.45) is 1.20. The molecule has 3 nitrogen and oxygen atoms in total. The van der Waals surface area contributed by atoms with E-state index in [0.717, 1.165) is 28.6 Å². The van der Waals surface area contributed by atoms with Crippen LogP contribution < -0.4 is 5.73 Å². The lowest BCUT2D eigenvalue weighted by Crippen LogP contribution is -1.81. The molecule has 72 valence electrons. The van der Waals surface area contributed by atoms with Crippen molar-refractivity contribution in [3.05, 3.63) is 24.1 Å². The third-order valence-corrected chi connectivity index (χ3v) is 2.86. The van der Waals surface area contributed by atoms with Crippen molar-refractivity contribution in [2.24, 2.45) is 5.92 Å². The third kappa shape index (κ3) is 1.09. The van der Waals surface area contributed by atoms with Crippen LogP contribution >= 0.6 is 0 Å². The fourth-order valence-electron chi connectivity index (χ4n) is 1.78. The van der Waals surface area contributed by atoms with E-state index < -0.39 is 0 Å². The van der Waals surface area contributed by atoms with Crippen molar-refractivity contribution < 1.29 is 4.42 Å². The van der Waals surface area contributed by atoms with Crippen LogP contribution in [0.5, 0.6) is 0 Å². The maximum Gasteiger partial charge on any atom is 0.198 e. The van der Waals surface area contributed by atoms with Crippen LogP contribution in [0.3, 0.4) is 0 Å². The molecule has 2 atom stereocenters. The van der Waals surface area contributed by atoms with E-state index in [2.05, 4.69) is 11.9 Å². The molecule has 0 bridgehead atoms. The number of oxazole rings is 1. The van der Waals surface area contributed by atoms with Crippen LogP contribution in [0.1, 0.15) is 25.2 Å². The third-order valence-electron chi connectivity index (χ3n) is 2.86. The monoisotopic (exact) mass is 188 g/mol. The zero-order valence-corrected chi connectivity index (χ0v) is 8.03. The van der Waals surface area contributed by atoms with Gasteiger partial charge in [0.15, 0.2) is 11.5 Å². The summed E-state index contributed by atoms with van der Waals surface area (Å²) in [6.45, 7) is 2.22. The van der Waals surface area contributed by atoms with Crippen LogP contribution in [-0.2, 0) is 0 Å². The van der Waals surface area contributed by atoms with E-state index in [4.69, 9.17) is 10.2 Å². The maximum absolute atomic E-state index is 5.66. The number of hydrogen-bond donors (Lipinski definition) is 1. The van der Waals surface area contributed by atoms with Gasteiger partial charge >= 0.3 is 0 Å². The summed E-state index contributed by atoms with van der Waals surface area (Å²) >= 11 is 0. The second-order valence-corrected chi connectivity index (χ2v) is 4.10. The van der Waals surface area contributed by atoms with Gasteiger partial charge in [-0.25, -0.2) is 4.98 Å². The average molecular weight is 188 g/mol. The van der Waals surface area contributed by atoms with Crippen molar-refractivity contribution in [3.63, 3.8) is 0 Å². The number of hydrogen-bond acceptors (Lipinski definition) is 3. The van der Waals surface area contributed by atoms with Crippen LogP contribution in [0.2, 0.25) is 0 Å². The van der Waals surface area contributed by atoms with E-state index in [1.54, 1.807) is 0 Å². The summed E-state index contributed by atoms with van der Waals surface area (Å²) in [5, 5.41) is 0. The Morgan fingerprint density at radius 2 is 2.29 bits per heavy atom. The molecule has 2 unspecified atom stereocenters. The second-order valence-electron chi connectivity index (χ2n) is 4.10. The minimum Gasteiger partial charge on any atom is -0.440 e.